The number of amides is 2. The minimum absolute atomic E-state index is 0. The minimum atomic E-state index is -0.172. The second kappa shape index (κ2) is 10.3. The average molecular weight is 399 g/mol. The lowest BCUT2D eigenvalue weighted by Gasteiger charge is -2.31. The van der Waals surface area contributed by atoms with Crippen molar-refractivity contribution in [1.29, 1.82) is 0 Å². The van der Waals surface area contributed by atoms with Gasteiger partial charge in [0.05, 0.1) is 11.4 Å². The summed E-state index contributed by atoms with van der Waals surface area (Å²) in [6.45, 7) is 1.98. The largest absolute Gasteiger partial charge is 0.355 e. The van der Waals surface area contributed by atoms with Gasteiger partial charge in [-0.3, -0.25) is 9.59 Å². The first-order valence-corrected chi connectivity index (χ1v) is 8.32. The topological polar surface area (TPSA) is 88.3 Å². The van der Waals surface area contributed by atoms with Gasteiger partial charge in [-0.05, 0) is 25.0 Å². The first-order chi connectivity index (χ1) is 11.7. The third-order valence-corrected chi connectivity index (χ3v) is 4.34. The van der Waals surface area contributed by atoms with Gasteiger partial charge < -0.3 is 16.0 Å². The Labute approximate surface area is 165 Å². The van der Waals surface area contributed by atoms with E-state index in [1.54, 1.807) is 11.0 Å². The van der Waals surface area contributed by atoms with E-state index < -0.39 is 0 Å². The van der Waals surface area contributed by atoms with Crippen molar-refractivity contribution in [2.24, 2.45) is 11.7 Å². The highest BCUT2D eigenvalue weighted by molar-refractivity contribution is 5.95. The van der Waals surface area contributed by atoms with Crippen LogP contribution in [0.25, 0.3) is 10.9 Å². The molecule has 1 atom stereocenters. The van der Waals surface area contributed by atoms with Crippen LogP contribution in [0.15, 0.2) is 36.4 Å². The van der Waals surface area contributed by atoms with E-state index in [0.717, 1.165) is 23.7 Å². The van der Waals surface area contributed by atoms with Crippen molar-refractivity contribution in [1.82, 2.24) is 15.2 Å². The van der Waals surface area contributed by atoms with Crippen LogP contribution in [0.2, 0.25) is 0 Å². The van der Waals surface area contributed by atoms with Gasteiger partial charge in [0.1, 0.15) is 5.69 Å². The molecule has 1 saturated heterocycles. The highest BCUT2D eigenvalue weighted by atomic mass is 35.5. The average Bonchev–Trinajstić information content (AvgIpc) is 2.65. The number of para-hydroxylation sites is 1. The molecule has 1 aromatic carbocycles. The number of carbonyl (C=O) groups excluding carboxylic acids is 2. The van der Waals surface area contributed by atoms with Crippen LogP contribution in [0.1, 0.15) is 23.3 Å². The van der Waals surface area contributed by atoms with Crippen LogP contribution in [0.4, 0.5) is 0 Å². The number of fused-ring (bicyclic) bond motifs is 1. The van der Waals surface area contributed by atoms with E-state index >= 15 is 0 Å². The summed E-state index contributed by atoms with van der Waals surface area (Å²) in [6.07, 6.45) is 1.62. The lowest BCUT2D eigenvalue weighted by molar-refractivity contribution is -0.126. The number of nitrogens with two attached hydrogens (primary N) is 1. The quantitative estimate of drug-likeness (QED) is 0.823. The number of nitrogens with one attached hydrogen (secondary N) is 1. The van der Waals surface area contributed by atoms with Gasteiger partial charge in [-0.2, -0.15) is 0 Å². The SMILES string of the molecule is Cl.Cl.NCCNC(=O)C1CCCN(C(=O)c2ccc3ccccc3n2)C1. The lowest BCUT2D eigenvalue weighted by atomic mass is 9.96. The third kappa shape index (κ3) is 5.06. The number of likely N-dealkylation sites (tertiary alicyclic amines) is 1. The van der Waals surface area contributed by atoms with Crippen LogP contribution < -0.4 is 11.1 Å². The second-order valence-electron chi connectivity index (χ2n) is 6.06. The molecule has 3 rings (SSSR count). The fourth-order valence-electron chi connectivity index (χ4n) is 3.06. The van der Waals surface area contributed by atoms with Crippen molar-refractivity contribution in [2.75, 3.05) is 26.2 Å². The van der Waals surface area contributed by atoms with E-state index in [-0.39, 0.29) is 42.5 Å². The molecule has 0 bridgehead atoms. The van der Waals surface area contributed by atoms with Crippen LogP contribution in [-0.2, 0) is 4.79 Å². The van der Waals surface area contributed by atoms with Gasteiger partial charge in [0.2, 0.25) is 5.91 Å². The molecular weight excluding hydrogens is 375 g/mol. The predicted octanol–water partition coefficient (Wildman–Crippen LogP) is 2.01. The predicted molar refractivity (Wildman–Crippen MR) is 107 cm³/mol. The summed E-state index contributed by atoms with van der Waals surface area (Å²) in [5.41, 5.74) is 6.65. The molecule has 0 saturated carbocycles. The van der Waals surface area contributed by atoms with Gasteiger partial charge in [0, 0.05) is 31.6 Å². The number of rotatable bonds is 4. The van der Waals surface area contributed by atoms with E-state index in [0.29, 0.717) is 31.9 Å². The van der Waals surface area contributed by atoms with E-state index in [1.165, 1.54) is 0 Å². The zero-order valence-corrected chi connectivity index (χ0v) is 16.0. The summed E-state index contributed by atoms with van der Waals surface area (Å²) in [5.74, 6) is -0.309. The Kier molecular flexibility index (Phi) is 8.78. The number of piperidine rings is 1. The number of carbonyl (C=O) groups is 2. The Morgan fingerprint density at radius 2 is 1.96 bits per heavy atom. The maximum atomic E-state index is 12.7. The number of halogens is 2. The summed E-state index contributed by atoms with van der Waals surface area (Å²) in [4.78, 5) is 31.0. The number of hydrogen-bond acceptors (Lipinski definition) is 4. The molecule has 142 valence electrons. The molecule has 0 spiro atoms. The molecule has 1 fully saturated rings. The van der Waals surface area contributed by atoms with Crippen LogP contribution in [0.5, 0.6) is 0 Å². The fourth-order valence-corrected chi connectivity index (χ4v) is 3.06. The van der Waals surface area contributed by atoms with Crippen LogP contribution in [0.3, 0.4) is 0 Å². The molecule has 1 unspecified atom stereocenters. The van der Waals surface area contributed by atoms with Crippen molar-refractivity contribution in [3.63, 3.8) is 0 Å². The Morgan fingerprint density at radius 3 is 2.73 bits per heavy atom. The molecule has 3 N–H and O–H groups in total. The molecule has 0 aliphatic carbocycles. The monoisotopic (exact) mass is 398 g/mol. The van der Waals surface area contributed by atoms with Gasteiger partial charge in [0.15, 0.2) is 0 Å². The Balaban J connectivity index is 0.00000169. The molecule has 1 aromatic heterocycles. The molecule has 0 radical (unpaired) electrons. The van der Waals surface area contributed by atoms with Crippen molar-refractivity contribution in [3.05, 3.63) is 42.1 Å². The fraction of sp³-hybridized carbons (Fsp3) is 0.389. The van der Waals surface area contributed by atoms with Crippen LogP contribution in [-0.4, -0.2) is 47.9 Å². The molecule has 6 nitrogen and oxygen atoms in total. The highest BCUT2D eigenvalue weighted by Gasteiger charge is 2.29. The van der Waals surface area contributed by atoms with Gasteiger partial charge >= 0.3 is 0 Å². The van der Waals surface area contributed by atoms with Crippen LogP contribution >= 0.6 is 24.8 Å². The number of benzene rings is 1. The first kappa shape index (κ1) is 22.2. The van der Waals surface area contributed by atoms with Crippen molar-refractivity contribution in [3.8, 4) is 0 Å². The number of hydrogen-bond donors (Lipinski definition) is 2. The Bertz CT molecular complexity index is 757. The Morgan fingerprint density at radius 1 is 1.19 bits per heavy atom. The second-order valence-corrected chi connectivity index (χ2v) is 6.06. The molecule has 2 heterocycles. The lowest BCUT2D eigenvalue weighted by Crippen LogP contribution is -2.46. The standard InChI is InChI=1S/C18H22N4O2.2ClH/c19-9-10-20-17(23)14-5-3-11-22(12-14)18(24)16-8-7-13-4-1-2-6-15(13)21-16;;/h1-2,4,6-8,14H,3,5,9-12,19H2,(H,20,23);2*1H. The first-order valence-electron chi connectivity index (χ1n) is 8.32. The van der Waals surface area contributed by atoms with Gasteiger partial charge in [-0.25, -0.2) is 4.98 Å². The molecule has 2 amide bonds. The summed E-state index contributed by atoms with van der Waals surface area (Å²) < 4.78 is 0. The summed E-state index contributed by atoms with van der Waals surface area (Å²) >= 11 is 0. The van der Waals surface area contributed by atoms with E-state index in [9.17, 15) is 9.59 Å². The summed E-state index contributed by atoms with van der Waals surface area (Å²) in [6, 6.07) is 11.4. The smallest absolute Gasteiger partial charge is 0.272 e. The van der Waals surface area contributed by atoms with Crippen molar-refractivity contribution >= 4 is 47.5 Å². The number of pyridine rings is 1. The zero-order valence-electron chi connectivity index (χ0n) is 14.4. The van der Waals surface area contributed by atoms with E-state index in [4.69, 9.17) is 5.73 Å². The maximum absolute atomic E-state index is 12.7. The van der Waals surface area contributed by atoms with E-state index in [2.05, 4.69) is 10.3 Å². The molecule has 2 aromatic rings. The minimum Gasteiger partial charge on any atom is -0.355 e. The normalized spacial score (nSPS) is 16.3. The highest BCUT2D eigenvalue weighted by Crippen LogP contribution is 2.19. The van der Waals surface area contributed by atoms with Gasteiger partial charge in [-0.1, -0.05) is 24.3 Å². The van der Waals surface area contributed by atoms with Crippen molar-refractivity contribution < 1.29 is 9.59 Å². The van der Waals surface area contributed by atoms with Crippen LogP contribution in [0, 0.1) is 5.92 Å². The molecule has 1 aliphatic rings. The Hall–Kier alpha value is -1.89. The third-order valence-electron chi connectivity index (χ3n) is 4.34. The van der Waals surface area contributed by atoms with Gasteiger partial charge in [-0.15, -0.1) is 24.8 Å². The molecule has 8 heteroatoms. The number of nitrogens with zero attached hydrogens (tertiary/aromatic N) is 2. The molecular formula is C18H24Cl2N4O2. The molecule has 1 aliphatic heterocycles. The summed E-state index contributed by atoms with van der Waals surface area (Å²) in [7, 11) is 0. The maximum Gasteiger partial charge on any atom is 0.272 e. The molecule has 26 heavy (non-hydrogen) atoms. The summed E-state index contributed by atoms with van der Waals surface area (Å²) in [5, 5.41) is 3.81. The van der Waals surface area contributed by atoms with Crippen molar-refractivity contribution in [2.45, 2.75) is 12.8 Å². The van der Waals surface area contributed by atoms with Gasteiger partial charge in [0.25, 0.3) is 5.91 Å². The number of aromatic nitrogens is 1. The van der Waals surface area contributed by atoms with E-state index in [1.807, 2.05) is 30.3 Å². The zero-order chi connectivity index (χ0) is 16.9.